The second-order valence-electron chi connectivity index (χ2n) is 2.09. The van der Waals surface area contributed by atoms with E-state index >= 15 is 0 Å². The molecule has 0 aliphatic heterocycles. The highest BCUT2D eigenvalue weighted by atomic mass is 16.5. The van der Waals surface area contributed by atoms with Crippen LogP contribution < -0.4 is 0 Å². The number of esters is 1. The number of rotatable bonds is 2. The number of H-pyrrole nitrogens is 1. The van der Waals surface area contributed by atoms with E-state index in [2.05, 4.69) is 14.9 Å². The molecule has 0 atom stereocenters. The number of aromatic nitrogens is 2. The molecular weight excluding hydrogens is 144 g/mol. The summed E-state index contributed by atoms with van der Waals surface area (Å²) in [5.41, 5.74) is 1.27. The van der Waals surface area contributed by atoms with E-state index in [-0.39, 0.29) is 5.97 Å². The van der Waals surface area contributed by atoms with E-state index in [4.69, 9.17) is 0 Å². The lowest BCUT2D eigenvalue weighted by Crippen LogP contribution is -2.02. The van der Waals surface area contributed by atoms with E-state index in [1.165, 1.54) is 7.11 Å². The van der Waals surface area contributed by atoms with E-state index < -0.39 is 0 Å². The quantitative estimate of drug-likeness (QED) is 0.640. The first-order valence-electron chi connectivity index (χ1n) is 3.40. The molecule has 0 saturated carbocycles. The minimum absolute atomic E-state index is 0.337. The van der Waals surface area contributed by atoms with Gasteiger partial charge in [0.2, 0.25) is 0 Å². The average molecular weight is 154 g/mol. The molecule has 0 aliphatic rings. The fourth-order valence-electron chi connectivity index (χ4n) is 0.874. The largest absolute Gasteiger partial charge is 0.465 e. The second-order valence-corrected chi connectivity index (χ2v) is 2.09. The maximum Gasteiger partial charge on any atom is 0.341 e. The number of nitrogens with zero attached hydrogens (tertiary/aromatic N) is 1. The van der Waals surface area contributed by atoms with Crippen molar-refractivity contribution in [1.82, 2.24) is 10.2 Å². The van der Waals surface area contributed by atoms with Crippen molar-refractivity contribution in [3.05, 3.63) is 17.5 Å². The van der Waals surface area contributed by atoms with Crippen LogP contribution in [0.2, 0.25) is 0 Å². The van der Waals surface area contributed by atoms with E-state index in [0.717, 1.165) is 12.1 Å². The molecule has 1 aromatic heterocycles. The molecular formula is C7H10N2O2. The predicted octanol–water partition coefficient (Wildman–Crippen LogP) is 0.759. The minimum atomic E-state index is -0.337. The van der Waals surface area contributed by atoms with Crippen LogP contribution in [-0.2, 0) is 11.2 Å². The maximum atomic E-state index is 11.0. The number of hydrogen-bond acceptors (Lipinski definition) is 3. The predicted molar refractivity (Wildman–Crippen MR) is 39.3 cm³/mol. The van der Waals surface area contributed by atoms with Crippen molar-refractivity contribution in [1.29, 1.82) is 0 Å². The van der Waals surface area contributed by atoms with Gasteiger partial charge in [0.05, 0.1) is 12.8 Å². The molecule has 0 saturated heterocycles. The standard InChI is InChI=1S/C7H10N2O2/c1-3-6-5(4-8-9-6)7(10)11-2/h4H,3H2,1-2H3,(H,8,9). The molecule has 4 heteroatoms. The molecule has 1 heterocycles. The Bertz CT molecular complexity index is 255. The highest BCUT2D eigenvalue weighted by molar-refractivity contribution is 5.90. The Morgan fingerprint density at radius 3 is 3.09 bits per heavy atom. The summed E-state index contributed by atoms with van der Waals surface area (Å²) in [4.78, 5) is 11.0. The van der Waals surface area contributed by atoms with Gasteiger partial charge in [0.15, 0.2) is 0 Å². The summed E-state index contributed by atoms with van der Waals surface area (Å²) in [6, 6.07) is 0. The number of ether oxygens (including phenoxy) is 1. The van der Waals surface area contributed by atoms with Gasteiger partial charge in [-0.1, -0.05) is 6.92 Å². The van der Waals surface area contributed by atoms with Gasteiger partial charge in [-0.05, 0) is 6.42 Å². The molecule has 4 nitrogen and oxygen atoms in total. The molecule has 0 aliphatic carbocycles. The van der Waals surface area contributed by atoms with Gasteiger partial charge in [-0.2, -0.15) is 5.10 Å². The van der Waals surface area contributed by atoms with Gasteiger partial charge < -0.3 is 4.74 Å². The lowest BCUT2D eigenvalue weighted by Gasteiger charge is -1.95. The lowest BCUT2D eigenvalue weighted by molar-refractivity contribution is 0.0599. The van der Waals surface area contributed by atoms with Crippen LogP contribution in [0.5, 0.6) is 0 Å². The van der Waals surface area contributed by atoms with E-state index in [1.807, 2.05) is 6.92 Å². The van der Waals surface area contributed by atoms with Crippen molar-refractivity contribution in [3.63, 3.8) is 0 Å². The van der Waals surface area contributed by atoms with Crippen molar-refractivity contribution in [2.24, 2.45) is 0 Å². The highest BCUT2D eigenvalue weighted by Gasteiger charge is 2.11. The summed E-state index contributed by atoms with van der Waals surface area (Å²) in [7, 11) is 1.36. The number of hydrogen-bond donors (Lipinski definition) is 1. The summed E-state index contributed by atoms with van der Waals surface area (Å²) >= 11 is 0. The third-order valence-electron chi connectivity index (χ3n) is 1.46. The van der Waals surface area contributed by atoms with Gasteiger partial charge in [0.1, 0.15) is 5.56 Å². The zero-order chi connectivity index (χ0) is 8.27. The number of methoxy groups -OCH3 is 1. The van der Waals surface area contributed by atoms with Crippen LogP contribution in [0.25, 0.3) is 0 Å². The molecule has 1 N–H and O–H groups in total. The number of aromatic amines is 1. The molecule has 0 fully saturated rings. The van der Waals surface area contributed by atoms with Crippen LogP contribution in [0, 0.1) is 0 Å². The van der Waals surface area contributed by atoms with Crippen molar-refractivity contribution in [2.45, 2.75) is 13.3 Å². The summed E-state index contributed by atoms with van der Waals surface area (Å²) < 4.78 is 4.54. The Kier molecular flexibility index (Phi) is 2.25. The molecule has 1 aromatic rings. The van der Waals surface area contributed by atoms with Crippen LogP contribution in [0.3, 0.4) is 0 Å². The first-order valence-corrected chi connectivity index (χ1v) is 3.40. The van der Waals surface area contributed by atoms with E-state index in [1.54, 1.807) is 6.20 Å². The van der Waals surface area contributed by atoms with Crippen molar-refractivity contribution in [3.8, 4) is 0 Å². The average Bonchev–Trinajstić information content (AvgIpc) is 2.50. The Hall–Kier alpha value is -1.32. The van der Waals surface area contributed by atoms with Crippen molar-refractivity contribution < 1.29 is 9.53 Å². The number of carbonyl (C=O) groups is 1. The van der Waals surface area contributed by atoms with Gasteiger partial charge in [0, 0.05) is 6.20 Å². The van der Waals surface area contributed by atoms with Crippen LogP contribution >= 0.6 is 0 Å². The highest BCUT2D eigenvalue weighted by Crippen LogP contribution is 2.05. The van der Waals surface area contributed by atoms with Crippen molar-refractivity contribution >= 4 is 5.97 Å². The van der Waals surface area contributed by atoms with Gasteiger partial charge in [-0.15, -0.1) is 0 Å². The van der Waals surface area contributed by atoms with Crippen molar-refractivity contribution in [2.75, 3.05) is 7.11 Å². The Morgan fingerprint density at radius 1 is 1.82 bits per heavy atom. The topological polar surface area (TPSA) is 55.0 Å². The monoisotopic (exact) mass is 154 g/mol. The third kappa shape index (κ3) is 1.39. The molecule has 0 bridgehead atoms. The number of aryl methyl sites for hydroxylation is 1. The Balaban J connectivity index is 2.92. The van der Waals surface area contributed by atoms with Gasteiger partial charge >= 0.3 is 5.97 Å². The summed E-state index contributed by atoms with van der Waals surface area (Å²) in [6.45, 7) is 1.93. The van der Waals surface area contributed by atoms with Crippen LogP contribution in [-0.4, -0.2) is 23.3 Å². The van der Waals surface area contributed by atoms with E-state index in [0.29, 0.717) is 5.56 Å². The van der Waals surface area contributed by atoms with Gasteiger partial charge in [-0.25, -0.2) is 4.79 Å². The maximum absolute atomic E-state index is 11.0. The van der Waals surface area contributed by atoms with Crippen LogP contribution in [0.1, 0.15) is 23.0 Å². The lowest BCUT2D eigenvalue weighted by atomic mass is 10.2. The Labute approximate surface area is 64.6 Å². The fraction of sp³-hybridized carbons (Fsp3) is 0.429. The SMILES string of the molecule is CCc1n[nH]cc1C(=O)OC. The van der Waals surface area contributed by atoms with E-state index in [9.17, 15) is 4.79 Å². The van der Waals surface area contributed by atoms with Crippen LogP contribution in [0.15, 0.2) is 6.20 Å². The third-order valence-corrected chi connectivity index (χ3v) is 1.46. The Morgan fingerprint density at radius 2 is 2.55 bits per heavy atom. The molecule has 0 amide bonds. The summed E-state index contributed by atoms with van der Waals surface area (Å²) in [6.07, 6.45) is 2.28. The zero-order valence-corrected chi connectivity index (χ0v) is 6.55. The van der Waals surface area contributed by atoms with Gasteiger partial charge in [-0.3, -0.25) is 5.10 Å². The smallest absolute Gasteiger partial charge is 0.341 e. The molecule has 1 rings (SSSR count). The zero-order valence-electron chi connectivity index (χ0n) is 6.55. The van der Waals surface area contributed by atoms with Crippen LogP contribution in [0.4, 0.5) is 0 Å². The summed E-state index contributed by atoms with van der Waals surface area (Å²) in [5, 5.41) is 6.49. The molecule has 0 aromatic carbocycles. The van der Waals surface area contributed by atoms with Gasteiger partial charge in [0.25, 0.3) is 0 Å². The molecule has 0 unspecified atom stereocenters. The number of carbonyl (C=O) groups excluding carboxylic acids is 1. The first kappa shape index (κ1) is 7.78. The number of nitrogens with one attached hydrogen (secondary N) is 1. The normalized spacial score (nSPS) is 9.64. The fourth-order valence-corrected chi connectivity index (χ4v) is 0.874. The minimum Gasteiger partial charge on any atom is -0.465 e. The molecule has 0 radical (unpaired) electrons. The first-order chi connectivity index (χ1) is 5.29. The molecule has 60 valence electrons. The summed E-state index contributed by atoms with van der Waals surface area (Å²) in [5.74, 6) is -0.337. The molecule has 0 spiro atoms. The second kappa shape index (κ2) is 3.18. The molecule has 11 heavy (non-hydrogen) atoms.